The van der Waals surface area contributed by atoms with Crippen LogP contribution in [-0.2, 0) is 0 Å². The number of hydrogen-bond acceptors (Lipinski definition) is 4. The average Bonchev–Trinajstić information content (AvgIpc) is 2.78. The van der Waals surface area contributed by atoms with Crippen molar-refractivity contribution < 1.29 is 4.39 Å². The lowest BCUT2D eigenvalue weighted by molar-refractivity contribution is 0.623. The molecule has 0 atom stereocenters. The maximum absolute atomic E-state index is 13.2. The van der Waals surface area contributed by atoms with Crippen LogP contribution in [0.2, 0.25) is 0 Å². The van der Waals surface area contributed by atoms with Gasteiger partial charge in [0.15, 0.2) is 11.0 Å². The van der Waals surface area contributed by atoms with E-state index in [9.17, 15) is 4.39 Å². The number of nitrogen functional groups attached to an aromatic ring is 1. The van der Waals surface area contributed by atoms with Gasteiger partial charge >= 0.3 is 0 Å². The van der Waals surface area contributed by atoms with E-state index in [-0.39, 0.29) is 5.82 Å². The van der Waals surface area contributed by atoms with Crippen LogP contribution in [-0.4, -0.2) is 15.0 Å². The minimum atomic E-state index is -0.264. The van der Waals surface area contributed by atoms with E-state index in [0.717, 1.165) is 14.0 Å². The molecule has 3 N–H and O–H groups in total. The molecular formula is C12H8FIN4S. The molecule has 19 heavy (non-hydrogen) atoms. The third-order valence-electron chi connectivity index (χ3n) is 2.51. The number of nitrogens with two attached hydrogens (primary N) is 1. The number of anilines is 1. The van der Waals surface area contributed by atoms with Gasteiger partial charge in [0.1, 0.15) is 11.3 Å². The molecule has 0 fully saturated rings. The summed E-state index contributed by atoms with van der Waals surface area (Å²) in [6, 6.07) is 6.46. The predicted molar refractivity (Wildman–Crippen MR) is 81.5 cm³/mol. The summed E-state index contributed by atoms with van der Waals surface area (Å²) in [5, 5.41) is 0.665. The molecular weight excluding hydrogens is 378 g/mol. The van der Waals surface area contributed by atoms with Gasteiger partial charge in [-0.05, 0) is 46.9 Å². The SMILES string of the molecule is Nc1nccc2[nH]c(Sc3cc(F)ccc3I)nc12. The minimum Gasteiger partial charge on any atom is -0.382 e. The van der Waals surface area contributed by atoms with Gasteiger partial charge < -0.3 is 10.7 Å². The average molecular weight is 386 g/mol. The maximum Gasteiger partial charge on any atom is 0.171 e. The highest BCUT2D eigenvalue weighted by molar-refractivity contribution is 14.1. The molecule has 2 aromatic heterocycles. The molecule has 4 nitrogen and oxygen atoms in total. The summed E-state index contributed by atoms with van der Waals surface area (Å²) >= 11 is 3.53. The number of rotatable bonds is 2. The molecule has 1 aromatic carbocycles. The zero-order valence-electron chi connectivity index (χ0n) is 9.52. The lowest BCUT2D eigenvalue weighted by Gasteiger charge is -2.01. The molecule has 0 aliphatic heterocycles. The first-order valence-corrected chi connectivity index (χ1v) is 7.26. The molecule has 0 spiro atoms. The van der Waals surface area contributed by atoms with Crippen molar-refractivity contribution in [1.29, 1.82) is 0 Å². The molecule has 2 heterocycles. The zero-order chi connectivity index (χ0) is 13.4. The van der Waals surface area contributed by atoms with Crippen LogP contribution in [0.5, 0.6) is 0 Å². The number of hydrogen-bond donors (Lipinski definition) is 2. The van der Waals surface area contributed by atoms with Crippen LogP contribution in [0.25, 0.3) is 11.0 Å². The van der Waals surface area contributed by atoms with Gasteiger partial charge in [-0.1, -0.05) is 11.8 Å². The van der Waals surface area contributed by atoms with Crippen molar-refractivity contribution in [1.82, 2.24) is 15.0 Å². The Balaban J connectivity index is 2.01. The van der Waals surface area contributed by atoms with Gasteiger partial charge in [0.25, 0.3) is 0 Å². The second-order valence-electron chi connectivity index (χ2n) is 3.81. The summed E-state index contributed by atoms with van der Waals surface area (Å²) in [6.45, 7) is 0. The summed E-state index contributed by atoms with van der Waals surface area (Å²) < 4.78 is 14.2. The third kappa shape index (κ3) is 2.52. The van der Waals surface area contributed by atoms with Crippen LogP contribution in [0.4, 0.5) is 10.2 Å². The smallest absolute Gasteiger partial charge is 0.171 e. The van der Waals surface area contributed by atoms with Gasteiger partial charge in [-0.2, -0.15) is 0 Å². The second kappa shape index (κ2) is 4.97. The number of nitrogens with one attached hydrogen (secondary N) is 1. The fourth-order valence-corrected chi connectivity index (χ4v) is 3.15. The van der Waals surface area contributed by atoms with E-state index in [1.54, 1.807) is 18.3 Å². The Hall–Kier alpha value is -1.35. The second-order valence-corrected chi connectivity index (χ2v) is 6.00. The van der Waals surface area contributed by atoms with Crippen LogP contribution in [0.1, 0.15) is 0 Å². The number of benzene rings is 1. The van der Waals surface area contributed by atoms with Crippen molar-refractivity contribution >= 4 is 51.2 Å². The molecule has 0 amide bonds. The predicted octanol–water partition coefficient (Wildman–Crippen LogP) is 3.44. The van der Waals surface area contributed by atoms with E-state index in [1.165, 1.54) is 23.9 Å². The van der Waals surface area contributed by atoms with Gasteiger partial charge in [0.2, 0.25) is 0 Å². The fourth-order valence-electron chi connectivity index (χ4n) is 1.64. The van der Waals surface area contributed by atoms with Gasteiger partial charge in [-0.15, -0.1) is 0 Å². The molecule has 0 saturated heterocycles. The molecule has 3 rings (SSSR count). The molecule has 0 saturated carbocycles. The largest absolute Gasteiger partial charge is 0.382 e. The quantitative estimate of drug-likeness (QED) is 0.663. The Morgan fingerprint density at radius 2 is 2.16 bits per heavy atom. The van der Waals surface area contributed by atoms with Gasteiger partial charge in [-0.3, -0.25) is 0 Å². The van der Waals surface area contributed by atoms with E-state index in [4.69, 9.17) is 5.73 Å². The number of pyridine rings is 1. The number of H-pyrrole nitrogens is 1. The van der Waals surface area contributed by atoms with E-state index in [2.05, 4.69) is 37.5 Å². The van der Waals surface area contributed by atoms with Crippen molar-refractivity contribution in [2.75, 3.05) is 5.73 Å². The fraction of sp³-hybridized carbons (Fsp3) is 0. The van der Waals surface area contributed by atoms with Crippen molar-refractivity contribution in [2.24, 2.45) is 0 Å². The van der Waals surface area contributed by atoms with Crippen LogP contribution in [0, 0.1) is 9.39 Å². The van der Waals surface area contributed by atoms with Crippen molar-refractivity contribution in [3.63, 3.8) is 0 Å². The first-order chi connectivity index (χ1) is 9.13. The Labute approximate surface area is 126 Å². The van der Waals surface area contributed by atoms with Gasteiger partial charge in [-0.25, -0.2) is 14.4 Å². The molecule has 0 aliphatic carbocycles. The van der Waals surface area contributed by atoms with E-state index in [0.29, 0.717) is 16.5 Å². The maximum atomic E-state index is 13.2. The number of aromatic nitrogens is 3. The normalized spacial score (nSPS) is 11.1. The Kier molecular flexibility index (Phi) is 3.31. The van der Waals surface area contributed by atoms with Crippen molar-refractivity contribution in [2.45, 2.75) is 10.1 Å². The lowest BCUT2D eigenvalue weighted by Crippen LogP contribution is -1.89. The highest BCUT2D eigenvalue weighted by atomic mass is 127. The third-order valence-corrected chi connectivity index (χ3v) is 4.76. The van der Waals surface area contributed by atoms with E-state index >= 15 is 0 Å². The van der Waals surface area contributed by atoms with Crippen molar-refractivity contribution in [3.05, 3.63) is 39.8 Å². The lowest BCUT2D eigenvalue weighted by atomic mass is 10.3. The Morgan fingerprint density at radius 1 is 1.32 bits per heavy atom. The molecule has 0 bridgehead atoms. The molecule has 0 radical (unpaired) electrons. The first-order valence-electron chi connectivity index (χ1n) is 5.36. The summed E-state index contributed by atoms with van der Waals surface area (Å²) in [7, 11) is 0. The summed E-state index contributed by atoms with van der Waals surface area (Å²) in [4.78, 5) is 12.3. The van der Waals surface area contributed by atoms with Crippen LogP contribution in [0.3, 0.4) is 0 Å². The highest BCUT2D eigenvalue weighted by Crippen LogP contribution is 2.31. The van der Waals surface area contributed by atoms with E-state index in [1.807, 2.05) is 0 Å². The molecule has 0 unspecified atom stereocenters. The van der Waals surface area contributed by atoms with Gasteiger partial charge in [0, 0.05) is 14.7 Å². The minimum absolute atomic E-state index is 0.264. The Bertz CT molecular complexity index is 759. The first kappa shape index (κ1) is 12.7. The number of fused-ring (bicyclic) bond motifs is 1. The number of imidazole rings is 1. The standard InChI is InChI=1S/C12H8FIN4S/c13-6-1-2-7(14)9(5-6)19-12-17-8-3-4-16-11(15)10(8)18-12/h1-5H,(H2,15,16)(H,17,18). The highest BCUT2D eigenvalue weighted by Gasteiger charge is 2.10. The molecule has 3 aromatic rings. The number of nitrogens with zero attached hydrogens (tertiary/aromatic N) is 2. The summed E-state index contributed by atoms with van der Waals surface area (Å²) in [5.41, 5.74) is 7.21. The van der Waals surface area contributed by atoms with Crippen LogP contribution in [0.15, 0.2) is 40.5 Å². The zero-order valence-corrected chi connectivity index (χ0v) is 12.5. The van der Waals surface area contributed by atoms with Crippen LogP contribution < -0.4 is 5.73 Å². The number of halogens is 2. The van der Waals surface area contributed by atoms with Gasteiger partial charge in [0.05, 0.1) is 5.52 Å². The van der Waals surface area contributed by atoms with E-state index < -0.39 is 0 Å². The molecule has 7 heteroatoms. The molecule has 0 aliphatic rings. The summed E-state index contributed by atoms with van der Waals surface area (Å²) in [6.07, 6.45) is 1.62. The van der Waals surface area contributed by atoms with Crippen molar-refractivity contribution in [3.8, 4) is 0 Å². The Morgan fingerprint density at radius 3 is 2.95 bits per heavy atom. The van der Waals surface area contributed by atoms with Crippen LogP contribution >= 0.6 is 34.4 Å². The summed E-state index contributed by atoms with van der Waals surface area (Å²) in [5.74, 6) is 0.120. The topological polar surface area (TPSA) is 67.6 Å². The number of aromatic amines is 1. The molecule has 96 valence electrons. The monoisotopic (exact) mass is 386 g/mol.